The van der Waals surface area contributed by atoms with Crippen molar-refractivity contribution in [2.75, 3.05) is 0 Å². The fourth-order valence-electron chi connectivity index (χ4n) is 5.47. The Labute approximate surface area is 218 Å². The lowest BCUT2D eigenvalue weighted by atomic mass is 9.96. The summed E-state index contributed by atoms with van der Waals surface area (Å²) >= 11 is 0. The van der Waals surface area contributed by atoms with Crippen LogP contribution >= 0.6 is 0 Å². The molecule has 176 valence electrons. The number of rotatable bonds is 2. The van der Waals surface area contributed by atoms with Gasteiger partial charge in [-0.15, -0.1) is 0 Å². The van der Waals surface area contributed by atoms with E-state index in [1.807, 2.05) is 30.6 Å². The van der Waals surface area contributed by atoms with Crippen LogP contribution in [0, 0.1) is 0 Å². The number of fused-ring (bicyclic) bond motifs is 8. The number of benzene rings is 5. The fourth-order valence-corrected chi connectivity index (χ4v) is 5.47. The molecule has 0 aliphatic heterocycles. The third-order valence-corrected chi connectivity index (χ3v) is 7.35. The van der Waals surface area contributed by atoms with Gasteiger partial charge in [0.05, 0.1) is 22.4 Å². The molecule has 0 fully saturated rings. The maximum atomic E-state index is 4.96. The van der Waals surface area contributed by atoms with Gasteiger partial charge in [-0.05, 0) is 56.6 Å². The monoisotopic (exact) mass is 484 g/mol. The molecule has 4 heteroatoms. The molecule has 38 heavy (non-hydrogen) atoms. The molecule has 3 aromatic heterocycles. The van der Waals surface area contributed by atoms with Crippen molar-refractivity contribution in [3.05, 3.63) is 122 Å². The summed E-state index contributed by atoms with van der Waals surface area (Å²) in [4.78, 5) is 19.1. The Morgan fingerprint density at radius 1 is 0.395 bits per heavy atom. The summed E-state index contributed by atoms with van der Waals surface area (Å²) in [5.41, 5.74) is 4.35. The summed E-state index contributed by atoms with van der Waals surface area (Å²) in [5, 5.41) is 9.58. The predicted octanol–water partition coefficient (Wildman–Crippen LogP) is 8.37. The summed E-state index contributed by atoms with van der Waals surface area (Å²) in [6.07, 6.45) is 3.62. The van der Waals surface area contributed by atoms with E-state index in [1.165, 1.54) is 32.3 Å². The predicted molar refractivity (Wildman–Crippen MR) is 156 cm³/mol. The van der Waals surface area contributed by atoms with E-state index >= 15 is 0 Å². The minimum atomic E-state index is 0.681. The topological polar surface area (TPSA) is 51.6 Å². The van der Waals surface area contributed by atoms with Crippen molar-refractivity contribution in [2.24, 2.45) is 0 Å². The van der Waals surface area contributed by atoms with Crippen molar-refractivity contribution in [3.63, 3.8) is 0 Å². The van der Waals surface area contributed by atoms with E-state index in [-0.39, 0.29) is 0 Å². The van der Waals surface area contributed by atoms with Crippen LogP contribution in [0.4, 0.5) is 0 Å². The molecule has 0 aliphatic carbocycles. The van der Waals surface area contributed by atoms with Crippen molar-refractivity contribution in [1.29, 1.82) is 0 Å². The van der Waals surface area contributed by atoms with Gasteiger partial charge in [-0.1, -0.05) is 84.9 Å². The second-order valence-electron chi connectivity index (χ2n) is 9.56. The van der Waals surface area contributed by atoms with Gasteiger partial charge in [0.2, 0.25) is 0 Å². The van der Waals surface area contributed by atoms with Crippen molar-refractivity contribution in [3.8, 4) is 22.8 Å². The Balaban J connectivity index is 1.24. The average molecular weight is 485 g/mol. The van der Waals surface area contributed by atoms with E-state index in [1.54, 1.807) is 0 Å². The van der Waals surface area contributed by atoms with Crippen LogP contribution in [0.25, 0.3) is 76.9 Å². The van der Waals surface area contributed by atoms with E-state index in [4.69, 9.17) is 9.97 Å². The summed E-state index contributed by atoms with van der Waals surface area (Å²) < 4.78 is 0. The molecular weight excluding hydrogens is 464 g/mol. The maximum Gasteiger partial charge on any atom is 0.159 e. The van der Waals surface area contributed by atoms with Crippen LogP contribution in [0.1, 0.15) is 0 Å². The first-order valence-corrected chi connectivity index (χ1v) is 12.6. The molecule has 0 amide bonds. The van der Waals surface area contributed by atoms with Gasteiger partial charge in [-0.25, -0.2) is 15.0 Å². The average Bonchev–Trinajstić information content (AvgIpc) is 3.00. The van der Waals surface area contributed by atoms with Gasteiger partial charge in [0.1, 0.15) is 0 Å². The lowest BCUT2D eigenvalue weighted by Crippen LogP contribution is -1.94. The number of hydrogen-bond acceptors (Lipinski definition) is 4. The zero-order valence-electron chi connectivity index (χ0n) is 20.3. The largest absolute Gasteiger partial charge is 0.254 e. The van der Waals surface area contributed by atoms with Crippen LogP contribution < -0.4 is 0 Å². The second kappa shape index (κ2) is 8.15. The molecule has 5 aromatic carbocycles. The van der Waals surface area contributed by atoms with Crippen LogP contribution in [0.2, 0.25) is 0 Å². The lowest BCUT2D eigenvalue weighted by molar-refractivity contribution is 1.17. The van der Waals surface area contributed by atoms with E-state index in [0.29, 0.717) is 5.82 Å². The molecular formula is C34H20N4. The molecule has 0 saturated heterocycles. The number of nitrogens with zero attached hydrogens (tertiary/aromatic N) is 4. The molecule has 0 atom stereocenters. The number of aromatic nitrogens is 4. The van der Waals surface area contributed by atoms with Crippen LogP contribution in [-0.2, 0) is 0 Å². The summed E-state index contributed by atoms with van der Waals surface area (Å²) in [6, 6.07) is 38.0. The number of hydrogen-bond donors (Lipinski definition) is 0. The summed E-state index contributed by atoms with van der Waals surface area (Å²) in [7, 11) is 0. The first-order chi connectivity index (χ1) is 18.8. The van der Waals surface area contributed by atoms with E-state index in [2.05, 4.69) is 101 Å². The van der Waals surface area contributed by atoms with Gasteiger partial charge in [-0.2, -0.15) is 0 Å². The van der Waals surface area contributed by atoms with E-state index < -0.39 is 0 Å². The minimum absolute atomic E-state index is 0.681. The lowest BCUT2D eigenvalue weighted by Gasteiger charge is -2.10. The third kappa shape index (κ3) is 3.24. The Morgan fingerprint density at radius 3 is 2.00 bits per heavy atom. The Kier molecular flexibility index (Phi) is 4.49. The molecule has 3 heterocycles. The van der Waals surface area contributed by atoms with E-state index in [9.17, 15) is 0 Å². The Hall–Kier alpha value is -5.22. The van der Waals surface area contributed by atoms with Crippen molar-refractivity contribution in [1.82, 2.24) is 19.9 Å². The van der Waals surface area contributed by atoms with Crippen LogP contribution in [0.3, 0.4) is 0 Å². The highest BCUT2D eigenvalue weighted by molar-refractivity contribution is 6.17. The standard InChI is InChI=1S/C34H20N4/c1-2-6-26-21(4-1)9-14-29-27-13-11-25(20-24(27)10-15-28(26)29)34-36-19-17-31(38-34)30-16-12-23-8-7-22-5-3-18-35-32(22)33(23)37-30/h1-20H. The van der Waals surface area contributed by atoms with Gasteiger partial charge in [-0.3, -0.25) is 4.98 Å². The molecule has 0 aliphatic rings. The van der Waals surface area contributed by atoms with Gasteiger partial charge >= 0.3 is 0 Å². The number of pyridine rings is 2. The highest BCUT2D eigenvalue weighted by Crippen LogP contribution is 2.33. The fraction of sp³-hybridized carbons (Fsp3) is 0. The second-order valence-corrected chi connectivity index (χ2v) is 9.56. The maximum absolute atomic E-state index is 4.96. The van der Waals surface area contributed by atoms with Crippen molar-refractivity contribution in [2.45, 2.75) is 0 Å². The zero-order chi connectivity index (χ0) is 25.1. The van der Waals surface area contributed by atoms with Crippen LogP contribution in [0.15, 0.2) is 122 Å². The molecule has 0 radical (unpaired) electrons. The van der Waals surface area contributed by atoms with Gasteiger partial charge in [0.15, 0.2) is 5.82 Å². The first kappa shape index (κ1) is 20.9. The van der Waals surface area contributed by atoms with Gasteiger partial charge in [0, 0.05) is 28.7 Å². The molecule has 0 bridgehead atoms. The van der Waals surface area contributed by atoms with Crippen LogP contribution in [0.5, 0.6) is 0 Å². The molecule has 8 aromatic rings. The minimum Gasteiger partial charge on any atom is -0.254 e. The first-order valence-electron chi connectivity index (χ1n) is 12.6. The van der Waals surface area contributed by atoms with Gasteiger partial charge < -0.3 is 0 Å². The van der Waals surface area contributed by atoms with Crippen molar-refractivity contribution < 1.29 is 0 Å². The SMILES string of the molecule is c1ccc2c(c1)ccc1c3ccc(-c4nccc(-c5ccc6ccc7cccnc7c6n5)n4)cc3ccc21. The molecule has 0 saturated carbocycles. The Bertz CT molecular complexity index is 2200. The molecule has 4 nitrogen and oxygen atoms in total. The molecule has 0 N–H and O–H groups in total. The summed E-state index contributed by atoms with van der Waals surface area (Å²) in [6.45, 7) is 0. The molecule has 0 spiro atoms. The Morgan fingerprint density at radius 2 is 1.08 bits per heavy atom. The zero-order valence-corrected chi connectivity index (χ0v) is 20.3. The molecule has 0 unspecified atom stereocenters. The normalized spacial score (nSPS) is 11.7. The van der Waals surface area contributed by atoms with E-state index in [0.717, 1.165) is 38.8 Å². The van der Waals surface area contributed by atoms with Crippen molar-refractivity contribution >= 4 is 54.1 Å². The summed E-state index contributed by atoms with van der Waals surface area (Å²) in [5.74, 6) is 0.681. The van der Waals surface area contributed by atoms with Crippen LogP contribution in [-0.4, -0.2) is 19.9 Å². The highest BCUT2D eigenvalue weighted by atomic mass is 14.9. The third-order valence-electron chi connectivity index (χ3n) is 7.35. The molecule has 8 rings (SSSR count). The highest BCUT2D eigenvalue weighted by Gasteiger charge is 2.11. The quantitative estimate of drug-likeness (QED) is 0.231. The van der Waals surface area contributed by atoms with Gasteiger partial charge in [0.25, 0.3) is 0 Å². The smallest absolute Gasteiger partial charge is 0.159 e.